The minimum atomic E-state index is -3.46. The van der Waals surface area contributed by atoms with Crippen LogP contribution in [0.4, 0.5) is 0 Å². The molecule has 90 valence electrons. The van der Waals surface area contributed by atoms with Crippen LogP contribution in [0.2, 0.25) is 0 Å². The molecule has 0 unspecified atom stereocenters. The maximum absolute atomic E-state index is 12.2. The first kappa shape index (κ1) is 12.0. The smallest absolute Gasteiger partial charge is 0.244 e. The molecule has 16 heavy (non-hydrogen) atoms. The van der Waals surface area contributed by atoms with Gasteiger partial charge in [0.2, 0.25) is 10.0 Å². The number of ether oxygens (including phenoxy) is 1. The second-order valence-corrected chi connectivity index (χ2v) is 6.29. The zero-order chi connectivity index (χ0) is 11.6. The summed E-state index contributed by atoms with van der Waals surface area (Å²) in [7, 11) is -3.46. The van der Waals surface area contributed by atoms with Gasteiger partial charge < -0.3 is 9.84 Å². The van der Waals surface area contributed by atoms with Crippen LogP contribution in [0.5, 0.6) is 0 Å². The van der Waals surface area contributed by atoms with Crippen LogP contribution in [0.3, 0.4) is 0 Å². The summed E-state index contributed by atoms with van der Waals surface area (Å²) in [6.45, 7) is 1.37. The van der Waals surface area contributed by atoms with Gasteiger partial charge >= 0.3 is 0 Å². The summed E-state index contributed by atoms with van der Waals surface area (Å²) in [6, 6.07) is 1.54. The van der Waals surface area contributed by atoms with E-state index in [0.29, 0.717) is 31.2 Å². The Morgan fingerprint density at radius 1 is 1.44 bits per heavy atom. The van der Waals surface area contributed by atoms with E-state index in [1.54, 1.807) is 11.4 Å². The van der Waals surface area contributed by atoms with Gasteiger partial charge in [0.1, 0.15) is 0 Å². The second-order valence-electron chi connectivity index (χ2n) is 3.38. The topological polar surface area (TPSA) is 66.8 Å². The molecule has 0 bridgehead atoms. The molecule has 0 atom stereocenters. The van der Waals surface area contributed by atoms with Crippen molar-refractivity contribution in [1.82, 2.24) is 4.31 Å². The lowest BCUT2D eigenvalue weighted by Crippen LogP contribution is -2.40. The van der Waals surface area contributed by atoms with Crippen molar-refractivity contribution in [2.24, 2.45) is 0 Å². The number of morpholine rings is 1. The Kier molecular flexibility index (Phi) is 3.60. The highest BCUT2D eigenvalue weighted by atomic mass is 32.2. The Labute approximate surface area is 98.3 Å². The average molecular weight is 263 g/mol. The Hall–Kier alpha value is -0.470. The molecule has 1 fully saturated rings. The molecule has 0 spiro atoms. The number of thiophene rings is 1. The molecule has 1 saturated heterocycles. The van der Waals surface area contributed by atoms with E-state index in [9.17, 15) is 8.42 Å². The number of aliphatic hydroxyl groups excluding tert-OH is 1. The summed E-state index contributed by atoms with van der Waals surface area (Å²) in [4.78, 5) is 0.716. The summed E-state index contributed by atoms with van der Waals surface area (Å²) in [5.74, 6) is 0. The van der Waals surface area contributed by atoms with Gasteiger partial charge in [-0.05, 0) is 11.4 Å². The molecule has 1 aromatic rings. The van der Waals surface area contributed by atoms with Gasteiger partial charge in [-0.25, -0.2) is 8.42 Å². The third-order valence-electron chi connectivity index (χ3n) is 2.44. The fraction of sp³-hybridized carbons (Fsp3) is 0.556. The quantitative estimate of drug-likeness (QED) is 0.849. The predicted octanol–water partition coefficient (Wildman–Crippen LogP) is 0.261. The summed E-state index contributed by atoms with van der Waals surface area (Å²) in [6.07, 6.45) is 0. The molecule has 1 aromatic heterocycles. The van der Waals surface area contributed by atoms with Crippen molar-refractivity contribution in [3.05, 3.63) is 16.3 Å². The van der Waals surface area contributed by atoms with Crippen molar-refractivity contribution in [1.29, 1.82) is 0 Å². The molecule has 0 aromatic carbocycles. The van der Waals surface area contributed by atoms with Gasteiger partial charge in [0.25, 0.3) is 0 Å². The Balaban J connectivity index is 2.30. The van der Waals surface area contributed by atoms with Crippen molar-refractivity contribution >= 4 is 21.4 Å². The number of hydrogen-bond donors (Lipinski definition) is 1. The average Bonchev–Trinajstić information content (AvgIpc) is 2.79. The van der Waals surface area contributed by atoms with Gasteiger partial charge in [-0.2, -0.15) is 4.31 Å². The molecule has 7 heteroatoms. The van der Waals surface area contributed by atoms with Crippen molar-refractivity contribution in [3.8, 4) is 0 Å². The van der Waals surface area contributed by atoms with E-state index in [2.05, 4.69) is 0 Å². The van der Waals surface area contributed by atoms with Gasteiger partial charge in [0, 0.05) is 18.0 Å². The lowest BCUT2D eigenvalue weighted by atomic mass is 10.5. The second kappa shape index (κ2) is 4.80. The maximum Gasteiger partial charge on any atom is 0.244 e. The molecule has 5 nitrogen and oxygen atoms in total. The molecule has 0 aliphatic carbocycles. The van der Waals surface area contributed by atoms with Crippen molar-refractivity contribution in [3.63, 3.8) is 0 Å². The number of sulfonamides is 1. The van der Waals surface area contributed by atoms with E-state index in [0.717, 1.165) is 0 Å². The van der Waals surface area contributed by atoms with Crippen LogP contribution in [0, 0.1) is 0 Å². The number of aliphatic hydroxyl groups is 1. The number of rotatable bonds is 3. The number of hydrogen-bond acceptors (Lipinski definition) is 5. The van der Waals surface area contributed by atoms with Crippen LogP contribution in [-0.4, -0.2) is 44.1 Å². The van der Waals surface area contributed by atoms with Crippen LogP contribution in [0.15, 0.2) is 16.3 Å². The Morgan fingerprint density at radius 2 is 2.12 bits per heavy atom. The summed E-state index contributed by atoms with van der Waals surface area (Å²) >= 11 is 1.25. The van der Waals surface area contributed by atoms with Crippen LogP contribution < -0.4 is 0 Å². The van der Waals surface area contributed by atoms with Crippen LogP contribution >= 0.6 is 11.3 Å². The molecule has 1 aliphatic rings. The number of nitrogens with zero attached hydrogens (tertiary/aromatic N) is 1. The lowest BCUT2D eigenvalue weighted by Gasteiger charge is -2.25. The monoisotopic (exact) mass is 263 g/mol. The highest BCUT2D eigenvalue weighted by Gasteiger charge is 2.28. The maximum atomic E-state index is 12.2. The molecule has 0 amide bonds. The van der Waals surface area contributed by atoms with Gasteiger partial charge in [-0.1, -0.05) is 0 Å². The van der Waals surface area contributed by atoms with E-state index < -0.39 is 10.0 Å². The summed E-state index contributed by atoms with van der Waals surface area (Å²) in [5.41, 5.74) is 0. The minimum Gasteiger partial charge on any atom is -0.391 e. The van der Waals surface area contributed by atoms with Gasteiger partial charge in [-0.15, -0.1) is 11.3 Å². The van der Waals surface area contributed by atoms with Crippen LogP contribution in [-0.2, 0) is 21.4 Å². The zero-order valence-electron chi connectivity index (χ0n) is 8.63. The third kappa shape index (κ3) is 2.14. The summed E-state index contributed by atoms with van der Waals surface area (Å²) in [5, 5.41) is 10.8. The largest absolute Gasteiger partial charge is 0.391 e. The first-order valence-electron chi connectivity index (χ1n) is 4.91. The van der Waals surface area contributed by atoms with Gasteiger partial charge in [0.15, 0.2) is 0 Å². The molecule has 1 aliphatic heterocycles. The molecule has 2 heterocycles. The SMILES string of the molecule is O=S(=O)(c1ccsc1CO)N1CCOCC1. The van der Waals surface area contributed by atoms with Crippen molar-refractivity contribution < 1.29 is 18.3 Å². The van der Waals surface area contributed by atoms with Crippen LogP contribution in [0.1, 0.15) is 4.88 Å². The molecule has 0 radical (unpaired) electrons. The first-order valence-corrected chi connectivity index (χ1v) is 7.23. The van der Waals surface area contributed by atoms with Crippen molar-refractivity contribution in [2.75, 3.05) is 26.3 Å². The summed E-state index contributed by atoms with van der Waals surface area (Å²) < 4.78 is 30.9. The highest BCUT2D eigenvalue weighted by molar-refractivity contribution is 7.89. The highest BCUT2D eigenvalue weighted by Crippen LogP contribution is 2.25. The predicted molar refractivity (Wildman–Crippen MR) is 59.8 cm³/mol. The third-order valence-corrected chi connectivity index (χ3v) is 5.45. The normalized spacial score (nSPS) is 18.8. The molecule has 0 saturated carbocycles. The van der Waals surface area contributed by atoms with Crippen molar-refractivity contribution in [2.45, 2.75) is 11.5 Å². The van der Waals surface area contributed by atoms with E-state index in [1.807, 2.05) is 0 Å². The van der Waals surface area contributed by atoms with E-state index >= 15 is 0 Å². The fourth-order valence-corrected chi connectivity index (χ4v) is 4.27. The zero-order valence-corrected chi connectivity index (χ0v) is 10.3. The molecular formula is C9H13NO4S2. The Bertz CT molecular complexity index is 448. The lowest BCUT2D eigenvalue weighted by molar-refractivity contribution is 0.0730. The standard InChI is InChI=1S/C9H13NO4S2/c11-7-8-9(1-6-15-8)16(12,13)10-2-4-14-5-3-10/h1,6,11H,2-5,7H2. The minimum absolute atomic E-state index is 0.224. The fourth-order valence-electron chi connectivity index (χ4n) is 1.60. The van der Waals surface area contributed by atoms with E-state index in [1.165, 1.54) is 15.6 Å². The van der Waals surface area contributed by atoms with Gasteiger partial charge in [-0.3, -0.25) is 0 Å². The molecule has 1 N–H and O–H groups in total. The molecule has 2 rings (SSSR count). The van der Waals surface area contributed by atoms with Gasteiger partial charge in [0.05, 0.1) is 24.7 Å². The van der Waals surface area contributed by atoms with E-state index in [4.69, 9.17) is 9.84 Å². The van der Waals surface area contributed by atoms with Crippen LogP contribution in [0.25, 0.3) is 0 Å². The Morgan fingerprint density at radius 3 is 2.75 bits per heavy atom. The molecular weight excluding hydrogens is 250 g/mol. The first-order chi connectivity index (χ1) is 7.66. The van der Waals surface area contributed by atoms with E-state index in [-0.39, 0.29) is 11.5 Å².